The van der Waals surface area contributed by atoms with E-state index in [-0.39, 0.29) is 24.7 Å². The maximum atomic E-state index is 13.7. The molecule has 2 fully saturated rings. The molecule has 6 heteroatoms. The van der Waals surface area contributed by atoms with Gasteiger partial charge in [-0.15, -0.1) is 0 Å². The molecule has 0 N–H and O–H groups in total. The van der Waals surface area contributed by atoms with Crippen LogP contribution in [-0.2, 0) is 19.8 Å². The van der Waals surface area contributed by atoms with Gasteiger partial charge in [0.25, 0.3) is 0 Å². The Labute approximate surface area is 146 Å². The molecule has 5 nitrogen and oxygen atoms in total. The first kappa shape index (κ1) is 17.6. The zero-order valence-corrected chi connectivity index (χ0v) is 14.6. The van der Waals surface area contributed by atoms with Gasteiger partial charge in [0.1, 0.15) is 5.82 Å². The van der Waals surface area contributed by atoms with Gasteiger partial charge < -0.3 is 4.90 Å². The first-order valence-electron chi connectivity index (χ1n) is 8.68. The summed E-state index contributed by atoms with van der Waals surface area (Å²) in [5, 5.41) is 0. The average molecular weight is 346 g/mol. The van der Waals surface area contributed by atoms with Gasteiger partial charge in [0.15, 0.2) is 0 Å². The van der Waals surface area contributed by atoms with Crippen LogP contribution >= 0.6 is 0 Å². The predicted octanol–water partition coefficient (Wildman–Crippen LogP) is 2.10. The summed E-state index contributed by atoms with van der Waals surface area (Å²) in [4.78, 5) is 40.6. The first-order chi connectivity index (χ1) is 11.8. The van der Waals surface area contributed by atoms with E-state index >= 15 is 0 Å². The van der Waals surface area contributed by atoms with Crippen molar-refractivity contribution in [2.75, 3.05) is 20.1 Å². The van der Waals surface area contributed by atoms with Crippen molar-refractivity contribution in [2.24, 2.45) is 5.92 Å². The highest BCUT2D eigenvalue weighted by molar-refractivity contribution is 6.10. The summed E-state index contributed by atoms with van der Waals surface area (Å²) in [6.45, 7) is 3.48. The van der Waals surface area contributed by atoms with E-state index in [9.17, 15) is 18.8 Å². The zero-order valence-electron chi connectivity index (χ0n) is 14.6. The maximum absolute atomic E-state index is 13.7. The number of likely N-dealkylation sites (N-methyl/N-ethyl adjacent to an activating group) is 1. The minimum absolute atomic E-state index is 0.0955. The second-order valence-corrected chi connectivity index (χ2v) is 7.27. The second-order valence-electron chi connectivity index (χ2n) is 7.27. The van der Waals surface area contributed by atoms with Crippen LogP contribution in [0.1, 0.15) is 38.2 Å². The molecule has 1 aromatic rings. The molecule has 0 saturated carbocycles. The van der Waals surface area contributed by atoms with Crippen molar-refractivity contribution in [1.82, 2.24) is 9.80 Å². The molecule has 134 valence electrons. The lowest BCUT2D eigenvalue weighted by Gasteiger charge is -2.34. The van der Waals surface area contributed by atoms with E-state index in [4.69, 9.17) is 0 Å². The van der Waals surface area contributed by atoms with Crippen molar-refractivity contribution in [3.63, 3.8) is 0 Å². The zero-order chi connectivity index (χ0) is 18.2. The van der Waals surface area contributed by atoms with Gasteiger partial charge in [-0.1, -0.05) is 19.1 Å². The number of carbonyl (C=O) groups is 3. The standard InChI is InChI=1S/C19H23FN2O3/c1-13-6-8-22(9-7-13)17(24)12-19(11-16(23)21(2)18(19)25)14-4-3-5-15(20)10-14/h3-5,10,13H,6-9,11-12H2,1-2H3. The van der Waals surface area contributed by atoms with Gasteiger partial charge in [-0.2, -0.15) is 0 Å². The number of imide groups is 1. The Balaban J connectivity index is 1.92. The topological polar surface area (TPSA) is 57.7 Å². The Kier molecular flexibility index (Phi) is 4.62. The fourth-order valence-corrected chi connectivity index (χ4v) is 3.77. The Morgan fingerprint density at radius 3 is 2.52 bits per heavy atom. The number of hydrogen-bond donors (Lipinski definition) is 0. The van der Waals surface area contributed by atoms with E-state index in [2.05, 4.69) is 6.92 Å². The predicted molar refractivity (Wildman–Crippen MR) is 90.1 cm³/mol. The normalized spacial score (nSPS) is 24.9. The lowest BCUT2D eigenvalue weighted by Crippen LogP contribution is -2.44. The molecule has 3 amide bonds. The van der Waals surface area contributed by atoms with Crippen LogP contribution in [0.4, 0.5) is 4.39 Å². The van der Waals surface area contributed by atoms with Crippen molar-refractivity contribution >= 4 is 17.7 Å². The molecule has 25 heavy (non-hydrogen) atoms. The molecule has 0 spiro atoms. The third kappa shape index (κ3) is 3.17. The Morgan fingerprint density at radius 2 is 1.96 bits per heavy atom. The van der Waals surface area contributed by atoms with Crippen molar-refractivity contribution in [2.45, 2.75) is 38.0 Å². The van der Waals surface area contributed by atoms with Crippen LogP contribution in [0, 0.1) is 11.7 Å². The van der Waals surface area contributed by atoms with Crippen LogP contribution < -0.4 is 0 Å². The van der Waals surface area contributed by atoms with Gasteiger partial charge in [0.2, 0.25) is 17.7 Å². The molecule has 2 saturated heterocycles. The SMILES string of the molecule is CC1CCN(C(=O)CC2(c3cccc(F)c3)CC(=O)N(C)C2=O)CC1. The molecular formula is C19H23FN2O3. The fraction of sp³-hybridized carbons (Fsp3) is 0.526. The Bertz CT molecular complexity index is 712. The number of carbonyl (C=O) groups excluding carboxylic acids is 3. The summed E-state index contributed by atoms with van der Waals surface area (Å²) in [5.74, 6) is -0.809. The molecule has 0 bridgehead atoms. The second kappa shape index (κ2) is 6.58. The largest absolute Gasteiger partial charge is 0.343 e. The highest BCUT2D eigenvalue weighted by Crippen LogP contribution is 2.40. The number of rotatable bonds is 3. The number of hydrogen-bond acceptors (Lipinski definition) is 3. The number of piperidine rings is 1. The Morgan fingerprint density at radius 1 is 1.28 bits per heavy atom. The summed E-state index contributed by atoms with van der Waals surface area (Å²) < 4.78 is 13.7. The number of benzene rings is 1. The van der Waals surface area contributed by atoms with Gasteiger partial charge in [-0.25, -0.2) is 4.39 Å². The molecular weight excluding hydrogens is 323 g/mol. The molecule has 0 aliphatic carbocycles. The van der Waals surface area contributed by atoms with Crippen molar-refractivity contribution in [3.05, 3.63) is 35.6 Å². The summed E-state index contributed by atoms with van der Waals surface area (Å²) in [5.41, 5.74) is -0.900. The van der Waals surface area contributed by atoms with Gasteiger partial charge in [0, 0.05) is 33.0 Å². The molecule has 2 aliphatic rings. The van der Waals surface area contributed by atoms with Crippen LogP contribution in [-0.4, -0.2) is 47.7 Å². The molecule has 2 heterocycles. The molecule has 2 aliphatic heterocycles. The van der Waals surface area contributed by atoms with Crippen LogP contribution in [0.5, 0.6) is 0 Å². The van der Waals surface area contributed by atoms with Gasteiger partial charge in [-0.3, -0.25) is 19.3 Å². The van der Waals surface area contributed by atoms with Crippen LogP contribution in [0.25, 0.3) is 0 Å². The van der Waals surface area contributed by atoms with Crippen molar-refractivity contribution < 1.29 is 18.8 Å². The third-order valence-electron chi connectivity index (χ3n) is 5.51. The lowest BCUT2D eigenvalue weighted by molar-refractivity contribution is -0.142. The summed E-state index contributed by atoms with van der Waals surface area (Å²) in [6, 6.07) is 5.68. The van der Waals surface area contributed by atoms with Gasteiger partial charge >= 0.3 is 0 Å². The van der Waals surface area contributed by atoms with Crippen molar-refractivity contribution in [1.29, 1.82) is 0 Å². The number of halogens is 1. The smallest absolute Gasteiger partial charge is 0.240 e. The fourth-order valence-electron chi connectivity index (χ4n) is 3.77. The van der Waals surface area contributed by atoms with Crippen molar-refractivity contribution in [3.8, 4) is 0 Å². The van der Waals surface area contributed by atoms with Crippen LogP contribution in [0.2, 0.25) is 0 Å². The number of amides is 3. The van der Waals surface area contributed by atoms with E-state index in [0.29, 0.717) is 24.6 Å². The summed E-state index contributed by atoms with van der Waals surface area (Å²) >= 11 is 0. The quantitative estimate of drug-likeness (QED) is 0.788. The summed E-state index contributed by atoms with van der Waals surface area (Å²) in [6.07, 6.45) is 1.68. The Hall–Kier alpha value is -2.24. The highest BCUT2D eigenvalue weighted by Gasteiger charge is 2.53. The molecule has 0 radical (unpaired) electrons. The van der Waals surface area contributed by atoms with Gasteiger partial charge in [0.05, 0.1) is 5.41 Å². The van der Waals surface area contributed by atoms with E-state index in [1.54, 1.807) is 11.0 Å². The van der Waals surface area contributed by atoms with Gasteiger partial charge in [-0.05, 0) is 36.5 Å². The molecule has 3 rings (SSSR count). The van der Waals surface area contributed by atoms with E-state index in [1.165, 1.54) is 25.2 Å². The number of likely N-dealkylation sites (tertiary alicyclic amines) is 2. The molecule has 1 atom stereocenters. The minimum Gasteiger partial charge on any atom is -0.343 e. The van der Waals surface area contributed by atoms with Crippen LogP contribution in [0.15, 0.2) is 24.3 Å². The summed E-state index contributed by atoms with van der Waals surface area (Å²) in [7, 11) is 1.42. The average Bonchev–Trinajstić information content (AvgIpc) is 2.80. The third-order valence-corrected chi connectivity index (χ3v) is 5.51. The van der Waals surface area contributed by atoms with E-state index in [0.717, 1.165) is 17.7 Å². The molecule has 1 unspecified atom stereocenters. The van der Waals surface area contributed by atoms with Crippen LogP contribution in [0.3, 0.4) is 0 Å². The van der Waals surface area contributed by atoms with E-state index < -0.39 is 17.1 Å². The molecule has 0 aromatic heterocycles. The first-order valence-corrected chi connectivity index (χ1v) is 8.68. The number of nitrogens with zero attached hydrogens (tertiary/aromatic N) is 2. The maximum Gasteiger partial charge on any atom is 0.240 e. The molecule has 1 aromatic carbocycles. The minimum atomic E-state index is -1.30. The lowest BCUT2D eigenvalue weighted by atomic mass is 9.75. The highest BCUT2D eigenvalue weighted by atomic mass is 19.1. The monoisotopic (exact) mass is 346 g/mol. The van der Waals surface area contributed by atoms with E-state index in [1.807, 2.05) is 0 Å².